The molecule has 2 aromatic heterocycles. The number of amides is 1. The molecule has 0 aliphatic rings. The summed E-state index contributed by atoms with van der Waals surface area (Å²) >= 11 is 0. The fourth-order valence-electron chi connectivity index (χ4n) is 2.87. The van der Waals surface area contributed by atoms with Crippen LogP contribution in [0, 0.1) is 0 Å². The maximum Gasteiger partial charge on any atom is 0.257 e. The molecule has 146 valence electrons. The molecule has 0 spiro atoms. The highest BCUT2D eigenvalue weighted by atomic mass is 16.5. The van der Waals surface area contributed by atoms with Crippen molar-refractivity contribution in [2.75, 3.05) is 13.2 Å². The number of fused-ring (bicyclic) bond motifs is 1. The average Bonchev–Trinajstić information content (AvgIpc) is 3.17. The monoisotopic (exact) mass is 387 g/mol. The van der Waals surface area contributed by atoms with E-state index in [1.165, 1.54) is 0 Å². The van der Waals surface area contributed by atoms with Crippen LogP contribution in [0.1, 0.15) is 5.69 Å². The maximum absolute atomic E-state index is 12.0. The minimum atomic E-state index is -0.168. The zero-order chi connectivity index (χ0) is 19.9. The number of carbonyl (C=O) groups excluding carboxylic acids is 1. The number of para-hydroxylation sites is 1. The number of ether oxygens (including phenoxy) is 2. The third-order valence-corrected chi connectivity index (χ3v) is 4.29. The predicted molar refractivity (Wildman–Crippen MR) is 110 cm³/mol. The lowest BCUT2D eigenvalue weighted by molar-refractivity contribution is -0.123. The van der Waals surface area contributed by atoms with E-state index in [1.807, 2.05) is 77.5 Å². The number of benzene rings is 2. The number of aromatic nitrogens is 2. The molecule has 0 atom stereocenters. The van der Waals surface area contributed by atoms with Gasteiger partial charge in [-0.25, -0.2) is 4.98 Å². The van der Waals surface area contributed by atoms with Gasteiger partial charge in [-0.1, -0.05) is 24.3 Å². The molecule has 4 aromatic rings. The van der Waals surface area contributed by atoms with Crippen LogP contribution in [0.4, 0.5) is 0 Å². The standard InChI is InChI=1S/C23H21N3O3/c27-23(24-14-13-18-16-26-15-5-4-8-22(26)25-18)17-28-19-9-11-21(12-10-19)29-20-6-2-1-3-7-20/h1-12,15-16H,13-14,17H2,(H,24,27). The van der Waals surface area contributed by atoms with Crippen molar-refractivity contribution in [3.8, 4) is 17.2 Å². The zero-order valence-electron chi connectivity index (χ0n) is 15.8. The molecule has 29 heavy (non-hydrogen) atoms. The SMILES string of the molecule is O=C(COc1ccc(Oc2ccccc2)cc1)NCCc1cn2ccccc2n1. The summed E-state index contributed by atoms with van der Waals surface area (Å²) in [6.45, 7) is 0.472. The Bertz CT molecular complexity index is 1040. The van der Waals surface area contributed by atoms with Gasteiger partial charge in [-0.05, 0) is 48.5 Å². The number of carbonyl (C=O) groups is 1. The van der Waals surface area contributed by atoms with Crippen molar-refractivity contribution in [3.05, 3.63) is 90.9 Å². The topological polar surface area (TPSA) is 64.9 Å². The molecule has 0 aliphatic heterocycles. The Kier molecular flexibility index (Phi) is 5.71. The first kappa shape index (κ1) is 18.6. The lowest BCUT2D eigenvalue weighted by Crippen LogP contribution is -2.30. The lowest BCUT2D eigenvalue weighted by Gasteiger charge is -2.09. The molecule has 0 saturated carbocycles. The molecule has 0 radical (unpaired) electrons. The second kappa shape index (κ2) is 8.93. The minimum absolute atomic E-state index is 0.0376. The van der Waals surface area contributed by atoms with Crippen molar-refractivity contribution in [1.29, 1.82) is 0 Å². The Morgan fingerprint density at radius 3 is 2.41 bits per heavy atom. The molecule has 2 heterocycles. The van der Waals surface area contributed by atoms with E-state index in [2.05, 4.69) is 10.3 Å². The molecule has 1 amide bonds. The van der Waals surface area contributed by atoms with E-state index in [9.17, 15) is 4.79 Å². The van der Waals surface area contributed by atoms with Crippen LogP contribution in [0.15, 0.2) is 85.2 Å². The highest BCUT2D eigenvalue weighted by Gasteiger charge is 2.05. The third kappa shape index (κ3) is 5.13. The molecule has 1 N–H and O–H groups in total. The Balaban J connectivity index is 1.20. The van der Waals surface area contributed by atoms with E-state index in [0.717, 1.165) is 17.1 Å². The average molecular weight is 387 g/mol. The van der Waals surface area contributed by atoms with Gasteiger partial charge >= 0.3 is 0 Å². The summed E-state index contributed by atoms with van der Waals surface area (Å²) in [6, 6.07) is 22.6. The maximum atomic E-state index is 12.0. The molecule has 0 unspecified atom stereocenters. The van der Waals surface area contributed by atoms with E-state index in [1.54, 1.807) is 12.1 Å². The van der Waals surface area contributed by atoms with Gasteiger partial charge in [0.1, 0.15) is 22.9 Å². The summed E-state index contributed by atoms with van der Waals surface area (Å²) in [6.07, 6.45) is 4.59. The second-order valence-electron chi connectivity index (χ2n) is 6.47. The van der Waals surface area contributed by atoms with Gasteiger partial charge in [0.15, 0.2) is 6.61 Å². The van der Waals surface area contributed by atoms with Gasteiger partial charge < -0.3 is 19.2 Å². The number of hydrogen-bond acceptors (Lipinski definition) is 4. The van der Waals surface area contributed by atoms with Crippen LogP contribution in [-0.4, -0.2) is 28.4 Å². The fraction of sp³-hybridized carbons (Fsp3) is 0.130. The van der Waals surface area contributed by atoms with Crippen molar-refractivity contribution in [1.82, 2.24) is 14.7 Å². The van der Waals surface area contributed by atoms with Gasteiger partial charge in [-0.2, -0.15) is 0 Å². The van der Waals surface area contributed by atoms with Crippen molar-refractivity contribution < 1.29 is 14.3 Å². The zero-order valence-corrected chi connectivity index (χ0v) is 15.8. The van der Waals surface area contributed by atoms with Crippen LogP contribution in [0.2, 0.25) is 0 Å². The molecule has 0 aliphatic carbocycles. The molecule has 2 aromatic carbocycles. The number of nitrogens with zero attached hydrogens (tertiary/aromatic N) is 2. The highest BCUT2D eigenvalue weighted by Crippen LogP contribution is 2.23. The molecule has 6 heteroatoms. The summed E-state index contributed by atoms with van der Waals surface area (Å²) in [4.78, 5) is 16.5. The Morgan fingerprint density at radius 2 is 1.62 bits per heavy atom. The highest BCUT2D eigenvalue weighted by molar-refractivity contribution is 5.77. The van der Waals surface area contributed by atoms with Gasteiger partial charge in [-0.15, -0.1) is 0 Å². The van der Waals surface area contributed by atoms with Gasteiger partial charge in [0, 0.05) is 25.4 Å². The number of pyridine rings is 1. The van der Waals surface area contributed by atoms with Crippen LogP contribution in [0.3, 0.4) is 0 Å². The largest absolute Gasteiger partial charge is 0.484 e. The van der Waals surface area contributed by atoms with E-state index in [-0.39, 0.29) is 12.5 Å². The van der Waals surface area contributed by atoms with Gasteiger partial charge in [0.25, 0.3) is 5.91 Å². The third-order valence-electron chi connectivity index (χ3n) is 4.29. The number of rotatable bonds is 8. The number of hydrogen-bond donors (Lipinski definition) is 1. The summed E-state index contributed by atoms with van der Waals surface area (Å²) in [5.74, 6) is 1.92. The van der Waals surface area contributed by atoms with E-state index < -0.39 is 0 Å². The van der Waals surface area contributed by atoms with Crippen molar-refractivity contribution in [2.45, 2.75) is 6.42 Å². The molecule has 4 rings (SSSR count). The normalized spacial score (nSPS) is 10.6. The van der Waals surface area contributed by atoms with Crippen molar-refractivity contribution in [2.24, 2.45) is 0 Å². The molecular weight excluding hydrogens is 366 g/mol. The number of nitrogens with one attached hydrogen (secondary N) is 1. The summed E-state index contributed by atoms with van der Waals surface area (Å²) in [5, 5.41) is 2.85. The van der Waals surface area contributed by atoms with Gasteiger partial charge in [0.2, 0.25) is 0 Å². The van der Waals surface area contributed by atoms with Crippen LogP contribution in [0.25, 0.3) is 5.65 Å². The Morgan fingerprint density at radius 1 is 0.897 bits per heavy atom. The molecule has 0 fully saturated rings. The first-order chi connectivity index (χ1) is 14.3. The summed E-state index contributed by atoms with van der Waals surface area (Å²) < 4.78 is 13.2. The quantitative estimate of drug-likeness (QED) is 0.499. The van der Waals surface area contributed by atoms with Crippen LogP contribution < -0.4 is 14.8 Å². The first-order valence-corrected chi connectivity index (χ1v) is 9.41. The summed E-state index contributed by atoms with van der Waals surface area (Å²) in [7, 11) is 0. The van der Waals surface area contributed by atoms with Gasteiger partial charge in [0.05, 0.1) is 5.69 Å². The fourth-order valence-corrected chi connectivity index (χ4v) is 2.87. The second-order valence-corrected chi connectivity index (χ2v) is 6.47. The molecule has 0 saturated heterocycles. The van der Waals surface area contributed by atoms with E-state index >= 15 is 0 Å². The Labute approximate surface area is 168 Å². The minimum Gasteiger partial charge on any atom is -0.484 e. The number of imidazole rings is 1. The van der Waals surface area contributed by atoms with Crippen molar-refractivity contribution >= 4 is 11.6 Å². The first-order valence-electron chi connectivity index (χ1n) is 9.41. The van der Waals surface area contributed by atoms with Crippen LogP contribution in [-0.2, 0) is 11.2 Å². The van der Waals surface area contributed by atoms with Crippen molar-refractivity contribution in [3.63, 3.8) is 0 Å². The molecular formula is C23H21N3O3. The van der Waals surface area contributed by atoms with Gasteiger partial charge in [-0.3, -0.25) is 4.79 Å². The van der Waals surface area contributed by atoms with E-state index in [0.29, 0.717) is 24.5 Å². The predicted octanol–water partition coefficient (Wildman–Crippen LogP) is 3.86. The lowest BCUT2D eigenvalue weighted by atomic mass is 10.3. The smallest absolute Gasteiger partial charge is 0.257 e. The van der Waals surface area contributed by atoms with Crippen LogP contribution >= 0.6 is 0 Å². The summed E-state index contributed by atoms with van der Waals surface area (Å²) in [5.41, 5.74) is 1.84. The van der Waals surface area contributed by atoms with E-state index in [4.69, 9.17) is 9.47 Å². The molecule has 0 bridgehead atoms. The molecule has 6 nitrogen and oxygen atoms in total. The Hall–Kier alpha value is -3.80. The van der Waals surface area contributed by atoms with Crippen LogP contribution in [0.5, 0.6) is 17.2 Å².